The maximum absolute atomic E-state index is 12.7. The summed E-state index contributed by atoms with van der Waals surface area (Å²) in [5, 5.41) is 0.750. The van der Waals surface area contributed by atoms with Crippen molar-refractivity contribution >= 4 is 27.4 Å². The highest BCUT2D eigenvalue weighted by Gasteiger charge is 2.33. The molecule has 2 aromatic heterocycles. The fraction of sp³-hybridized carbons (Fsp3) is 0.333. The summed E-state index contributed by atoms with van der Waals surface area (Å²) in [6.45, 7) is 3.68. The summed E-state index contributed by atoms with van der Waals surface area (Å²) < 4.78 is 40.8. The molecule has 142 valence electrons. The van der Waals surface area contributed by atoms with Crippen LogP contribution in [0.2, 0.25) is 0 Å². The first-order valence-electron chi connectivity index (χ1n) is 8.68. The van der Waals surface area contributed by atoms with E-state index in [1.165, 1.54) is 22.5 Å². The zero-order valence-electron chi connectivity index (χ0n) is 14.4. The molecule has 0 bridgehead atoms. The molecular formula is C18H19F3N4OS+2. The van der Waals surface area contributed by atoms with E-state index in [-0.39, 0.29) is 5.56 Å². The van der Waals surface area contributed by atoms with Gasteiger partial charge in [0, 0.05) is 6.07 Å². The third-order valence-electron chi connectivity index (χ3n) is 4.85. The zero-order valence-corrected chi connectivity index (χ0v) is 15.2. The third kappa shape index (κ3) is 3.70. The first kappa shape index (κ1) is 18.0. The van der Waals surface area contributed by atoms with Gasteiger partial charge in [-0.05, 0) is 18.2 Å². The Bertz CT molecular complexity index is 988. The van der Waals surface area contributed by atoms with Crippen LogP contribution in [0, 0.1) is 0 Å². The highest BCUT2D eigenvalue weighted by molar-refractivity contribution is 7.13. The molecule has 27 heavy (non-hydrogen) atoms. The van der Waals surface area contributed by atoms with Gasteiger partial charge in [-0.2, -0.15) is 13.2 Å². The number of aromatic amines is 1. The van der Waals surface area contributed by atoms with Crippen LogP contribution < -0.4 is 20.3 Å². The number of quaternary nitrogens is 1. The Morgan fingerprint density at radius 1 is 1.11 bits per heavy atom. The van der Waals surface area contributed by atoms with Crippen LogP contribution in [-0.4, -0.2) is 30.1 Å². The van der Waals surface area contributed by atoms with Crippen molar-refractivity contribution in [2.45, 2.75) is 12.8 Å². The number of nitrogens with zero attached hydrogens (tertiary/aromatic N) is 2. The number of benzene rings is 1. The molecule has 0 radical (unpaired) electrons. The van der Waals surface area contributed by atoms with Gasteiger partial charge in [-0.3, -0.25) is 9.69 Å². The Balaban J connectivity index is 1.40. The molecule has 1 aliphatic heterocycles. The lowest BCUT2D eigenvalue weighted by Gasteiger charge is -2.28. The Kier molecular flexibility index (Phi) is 4.65. The van der Waals surface area contributed by atoms with Crippen molar-refractivity contribution in [1.29, 1.82) is 0 Å². The van der Waals surface area contributed by atoms with Crippen molar-refractivity contribution < 1.29 is 23.1 Å². The lowest BCUT2D eigenvalue weighted by molar-refractivity contribution is -0.922. The minimum Gasteiger partial charge on any atom is -0.310 e. The Morgan fingerprint density at radius 2 is 1.85 bits per heavy atom. The van der Waals surface area contributed by atoms with Gasteiger partial charge in [-0.15, -0.1) is 0 Å². The van der Waals surface area contributed by atoms with Gasteiger partial charge in [-0.25, -0.2) is 8.94 Å². The zero-order chi connectivity index (χ0) is 19.0. The van der Waals surface area contributed by atoms with Crippen LogP contribution in [0.25, 0.3) is 10.1 Å². The predicted octanol–water partition coefficient (Wildman–Crippen LogP) is 1.26. The molecule has 1 fully saturated rings. The molecule has 4 rings (SSSR count). The van der Waals surface area contributed by atoms with Crippen LogP contribution in [0.1, 0.15) is 5.56 Å². The molecule has 5 nitrogen and oxygen atoms in total. The monoisotopic (exact) mass is 396 g/mol. The van der Waals surface area contributed by atoms with E-state index in [0.717, 1.165) is 48.5 Å². The van der Waals surface area contributed by atoms with Crippen molar-refractivity contribution in [1.82, 2.24) is 3.96 Å². The van der Waals surface area contributed by atoms with Crippen molar-refractivity contribution in [3.05, 3.63) is 58.5 Å². The van der Waals surface area contributed by atoms with Crippen LogP contribution in [-0.2, 0) is 12.8 Å². The summed E-state index contributed by atoms with van der Waals surface area (Å²) in [6.07, 6.45) is -3.33. The smallest absolute Gasteiger partial charge is 0.310 e. The van der Waals surface area contributed by atoms with Crippen molar-refractivity contribution in [2.24, 2.45) is 0 Å². The minimum absolute atomic E-state index is 0.0432. The van der Waals surface area contributed by atoms with Gasteiger partial charge < -0.3 is 4.90 Å². The van der Waals surface area contributed by atoms with E-state index in [4.69, 9.17) is 0 Å². The SMILES string of the molecule is O=c1c2ccccc2sn1C[NH+]1CCN(c2ccc(C(F)(F)F)c[nH+]2)CC1. The quantitative estimate of drug-likeness (QED) is 0.725. The third-order valence-corrected chi connectivity index (χ3v) is 5.92. The van der Waals surface area contributed by atoms with Gasteiger partial charge >= 0.3 is 6.18 Å². The average Bonchev–Trinajstić information content (AvgIpc) is 2.98. The Hall–Kier alpha value is -2.39. The first-order valence-corrected chi connectivity index (χ1v) is 9.45. The molecule has 2 N–H and O–H groups in total. The Labute approximate surface area is 157 Å². The average molecular weight is 396 g/mol. The molecule has 0 atom stereocenters. The molecule has 3 aromatic rings. The lowest BCUT2D eigenvalue weighted by atomic mass is 10.2. The number of rotatable bonds is 3. The second-order valence-corrected chi connectivity index (χ2v) is 7.69. The van der Waals surface area contributed by atoms with E-state index in [0.29, 0.717) is 12.5 Å². The van der Waals surface area contributed by atoms with Gasteiger partial charge in [-0.1, -0.05) is 23.7 Å². The predicted molar refractivity (Wildman–Crippen MR) is 97.0 cm³/mol. The maximum Gasteiger partial charge on any atom is 0.419 e. The molecule has 1 saturated heterocycles. The standard InChI is InChI=1S/C18H17F3N4OS/c19-18(20,21)13-5-6-16(22-11-13)24-9-7-23(8-10-24)12-25-17(26)14-3-1-2-4-15(14)27-25/h1-6,11H,7-10,12H2/p+2. The number of anilines is 1. The van der Waals surface area contributed by atoms with E-state index in [2.05, 4.69) is 4.98 Å². The van der Waals surface area contributed by atoms with Gasteiger partial charge in [0.2, 0.25) is 0 Å². The molecule has 0 unspecified atom stereocenters. The molecule has 0 amide bonds. The second-order valence-electron chi connectivity index (χ2n) is 6.63. The van der Waals surface area contributed by atoms with E-state index >= 15 is 0 Å². The number of nitrogens with one attached hydrogen (secondary N) is 2. The summed E-state index contributed by atoms with van der Waals surface area (Å²) in [6, 6.07) is 10.2. The Morgan fingerprint density at radius 3 is 2.48 bits per heavy atom. The maximum atomic E-state index is 12.7. The van der Waals surface area contributed by atoms with Gasteiger partial charge in [0.1, 0.15) is 32.4 Å². The molecule has 1 aromatic carbocycles. The highest BCUT2D eigenvalue weighted by atomic mass is 32.1. The van der Waals surface area contributed by atoms with Crippen LogP contribution in [0.5, 0.6) is 0 Å². The summed E-state index contributed by atoms with van der Waals surface area (Å²) in [5.41, 5.74) is -0.638. The molecule has 1 aliphatic rings. The summed E-state index contributed by atoms with van der Waals surface area (Å²) >= 11 is 1.48. The summed E-state index contributed by atoms with van der Waals surface area (Å²) in [5.74, 6) is 0.682. The fourth-order valence-electron chi connectivity index (χ4n) is 3.34. The normalized spacial score (nSPS) is 16.2. The molecule has 0 aliphatic carbocycles. The number of alkyl halides is 3. The van der Waals surface area contributed by atoms with Crippen LogP contribution in [0.3, 0.4) is 0 Å². The molecule has 9 heteroatoms. The van der Waals surface area contributed by atoms with E-state index in [1.807, 2.05) is 29.2 Å². The topological polar surface area (TPSA) is 43.8 Å². The number of piperazine rings is 1. The molecule has 0 saturated carbocycles. The van der Waals surface area contributed by atoms with Crippen LogP contribution in [0.4, 0.5) is 19.0 Å². The summed E-state index contributed by atoms with van der Waals surface area (Å²) in [7, 11) is 0. The number of aromatic nitrogens is 2. The largest absolute Gasteiger partial charge is 0.419 e. The van der Waals surface area contributed by atoms with Crippen molar-refractivity contribution in [3.63, 3.8) is 0 Å². The summed E-state index contributed by atoms with van der Waals surface area (Å²) in [4.78, 5) is 18.5. The van der Waals surface area contributed by atoms with E-state index < -0.39 is 11.7 Å². The molecular weight excluding hydrogens is 377 g/mol. The van der Waals surface area contributed by atoms with E-state index in [1.54, 1.807) is 3.96 Å². The first-order chi connectivity index (χ1) is 12.9. The van der Waals surface area contributed by atoms with Crippen molar-refractivity contribution in [3.8, 4) is 0 Å². The number of fused-ring (bicyclic) bond motifs is 1. The number of hydrogen-bond donors (Lipinski definition) is 1. The highest BCUT2D eigenvalue weighted by Crippen LogP contribution is 2.28. The van der Waals surface area contributed by atoms with Crippen LogP contribution >= 0.6 is 11.5 Å². The van der Waals surface area contributed by atoms with Crippen molar-refractivity contribution in [2.75, 3.05) is 31.1 Å². The van der Waals surface area contributed by atoms with Gasteiger partial charge in [0.15, 0.2) is 6.67 Å². The molecule has 3 heterocycles. The number of halogens is 3. The van der Waals surface area contributed by atoms with E-state index in [9.17, 15) is 18.0 Å². The number of H-pyrrole nitrogens is 1. The molecule has 0 spiro atoms. The number of hydrogen-bond acceptors (Lipinski definition) is 3. The van der Waals surface area contributed by atoms with Gasteiger partial charge in [0.05, 0.1) is 15.6 Å². The lowest BCUT2D eigenvalue weighted by Crippen LogP contribution is -3.14. The minimum atomic E-state index is -4.34. The van der Waals surface area contributed by atoms with Crippen LogP contribution in [0.15, 0.2) is 47.4 Å². The number of pyridine rings is 1. The second kappa shape index (κ2) is 6.97. The van der Waals surface area contributed by atoms with Gasteiger partial charge in [0.25, 0.3) is 11.4 Å². The fourth-order valence-corrected chi connectivity index (χ4v) is 4.40.